The van der Waals surface area contributed by atoms with Gasteiger partial charge in [-0.2, -0.15) is 0 Å². The molecule has 2 aromatic heterocycles. The summed E-state index contributed by atoms with van der Waals surface area (Å²) in [5.74, 6) is 0.167. The van der Waals surface area contributed by atoms with E-state index in [0.717, 1.165) is 33.2 Å². The number of nitrogens with zero attached hydrogens (tertiary/aromatic N) is 1. The van der Waals surface area contributed by atoms with Crippen molar-refractivity contribution < 1.29 is 18.7 Å². The minimum atomic E-state index is -0.313. The number of thiazole rings is 1. The molecule has 0 bridgehead atoms. The van der Waals surface area contributed by atoms with Gasteiger partial charge < -0.3 is 14.5 Å². The lowest BCUT2D eigenvalue weighted by Crippen LogP contribution is -2.20. The Morgan fingerprint density at radius 2 is 1.97 bits per heavy atom. The van der Waals surface area contributed by atoms with Crippen molar-refractivity contribution in [3.8, 4) is 16.9 Å². The number of benzene rings is 2. The van der Waals surface area contributed by atoms with Gasteiger partial charge in [-0.1, -0.05) is 23.8 Å². The second-order valence-electron chi connectivity index (χ2n) is 8.33. The number of aryl methyl sites for hydroxylation is 2. The summed E-state index contributed by atoms with van der Waals surface area (Å²) < 4.78 is 11.4. The number of fused-ring (bicyclic) bond motifs is 1. The first kappa shape index (κ1) is 24.2. The van der Waals surface area contributed by atoms with Crippen molar-refractivity contribution in [2.45, 2.75) is 27.2 Å². The summed E-state index contributed by atoms with van der Waals surface area (Å²) in [4.78, 5) is 28.5. The fourth-order valence-electron chi connectivity index (χ4n) is 3.97. The molecule has 2 amide bonds. The molecular weight excluding hydrogens is 462 g/mol. The van der Waals surface area contributed by atoms with Crippen LogP contribution in [0, 0.1) is 13.8 Å². The number of amides is 2. The van der Waals surface area contributed by atoms with Crippen molar-refractivity contribution in [2.24, 2.45) is 0 Å². The molecule has 0 spiro atoms. The molecule has 4 rings (SSSR count). The molecule has 180 valence electrons. The Bertz CT molecular complexity index is 1450. The van der Waals surface area contributed by atoms with Gasteiger partial charge in [0.15, 0.2) is 5.13 Å². The van der Waals surface area contributed by atoms with E-state index in [1.165, 1.54) is 23.0 Å². The maximum absolute atomic E-state index is 12.7. The summed E-state index contributed by atoms with van der Waals surface area (Å²) in [6, 6.07) is 10.2. The first-order valence-electron chi connectivity index (χ1n) is 11.1. The Morgan fingerprint density at radius 3 is 2.69 bits per heavy atom. The summed E-state index contributed by atoms with van der Waals surface area (Å²) in [5, 5.41) is 8.47. The molecule has 2 aromatic carbocycles. The van der Waals surface area contributed by atoms with Gasteiger partial charge in [-0.05, 0) is 43.5 Å². The quantitative estimate of drug-likeness (QED) is 0.334. The Balaban J connectivity index is 1.63. The largest absolute Gasteiger partial charge is 0.496 e. The Kier molecular flexibility index (Phi) is 7.02. The third kappa shape index (κ3) is 5.27. The Hall–Kier alpha value is -3.91. The Morgan fingerprint density at radius 1 is 1.17 bits per heavy atom. The number of allylic oxidation sites excluding steroid dienone is 1. The van der Waals surface area contributed by atoms with Crippen LogP contribution < -0.4 is 15.4 Å². The van der Waals surface area contributed by atoms with E-state index < -0.39 is 0 Å². The maximum atomic E-state index is 12.7. The number of nitrogens with one attached hydrogen (secondary N) is 2. The zero-order chi connectivity index (χ0) is 25.1. The molecule has 4 aromatic rings. The van der Waals surface area contributed by atoms with Crippen LogP contribution in [0.4, 0.5) is 5.13 Å². The molecule has 7 nitrogen and oxygen atoms in total. The summed E-state index contributed by atoms with van der Waals surface area (Å²) in [6.07, 6.45) is 3.44. The van der Waals surface area contributed by atoms with Crippen LogP contribution in [0.15, 0.2) is 52.5 Å². The van der Waals surface area contributed by atoms with E-state index in [0.29, 0.717) is 22.2 Å². The van der Waals surface area contributed by atoms with Crippen LogP contribution in [0.2, 0.25) is 0 Å². The maximum Gasteiger partial charge on any atom is 0.250 e. The number of methoxy groups -OCH3 is 1. The van der Waals surface area contributed by atoms with E-state index in [4.69, 9.17) is 9.15 Å². The van der Waals surface area contributed by atoms with Crippen molar-refractivity contribution >= 4 is 44.8 Å². The molecule has 35 heavy (non-hydrogen) atoms. The number of ether oxygens (including phenoxy) is 1. The standard InChI is InChI=1S/C27H27N3O4S/c1-15-6-7-19(16(2)8-15)22-13-34-24-12-23(33-5)20(11-21(22)24)17(3)9-26(32)30-27-29-18(14-35-27)10-25(31)28-4/h6-9,11-14H,10H2,1-5H3,(H,28,31)(H,29,30,32)/b17-9+. The highest BCUT2D eigenvalue weighted by atomic mass is 32.1. The molecule has 0 saturated heterocycles. The van der Waals surface area contributed by atoms with E-state index >= 15 is 0 Å². The van der Waals surface area contributed by atoms with Gasteiger partial charge in [-0.15, -0.1) is 11.3 Å². The number of rotatable bonds is 7. The minimum absolute atomic E-state index is 0.133. The lowest BCUT2D eigenvalue weighted by Gasteiger charge is -2.11. The van der Waals surface area contributed by atoms with Gasteiger partial charge in [0.05, 0.1) is 25.5 Å². The highest BCUT2D eigenvalue weighted by Gasteiger charge is 2.16. The van der Waals surface area contributed by atoms with Gasteiger partial charge in [-0.3, -0.25) is 14.9 Å². The SMILES string of the molecule is CNC(=O)Cc1csc(NC(=O)/C=C(\C)c2cc3c(-c4ccc(C)cc4C)coc3cc2OC)n1. The number of carbonyl (C=O) groups excluding carboxylic acids is 2. The second-order valence-corrected chi connectivity index (χ2v) is 9.19. The minimum Gasteiger partial charge on any atom is -0.496 e. The van der Waals surface area contributed by atoms with Gasteiger partial charge in [0, 0.05) is 41.1 Å². The second kappa shape index (κ2) is 10.1. The number of furan rings is 1. The third-order valence-electron chi connectivity index (χ3n) is 5.74. The van der Waals surface area contributed by atoms with Crippen molar-refractivity contribution in [3.63, 3.8) is 0 Å². The highest BCUT2D eigenvalue weighted by Crippen LogP contribution is 2.38. The van der Waals surface area contributed by atoms with Crippen LogP contribution in [0.3, 0.4) is 0 Å². The topological polar surface area (TPSA) is 93.5 Å². The predicted octanol–water partition coefficient (Wildman–Crippen LogP) is 5.51. The molecule has 0 atom stereocenters. The molecule has 0 fully saturated rings. The van der Waals surface area contributed by atoms with Gasteiger partial charge in [-0.25, -0.2) is 4.98 Å². The van der Waals surface area contributed by atoms with Gasteiger partial charge in [0.2, 0.25) is 11.8 Å². The van der Waals surface area contributed by atoms with Crippen molar-refractivity contribution in [1.29, 1.82) is 0 Å². The van der Waals surface area contributed by atoms with E-state index in [2.05, 4.69) is 47.7 Å². The Labute approximate surface area is 207 Å². The fraction of sp³-hybridized carbons (Fsp3) is 0.222. The first-order chi connectivity index (χ1) is 16.8. The number of anilines is 1. The molecule has 2 N–H and O–H groups in total. The van der Waals surface area contributed by atoms with E-state index in [1.54, 1.807) is 25.8 Å². The van der Waals surface area contributed by atoms with Crippen LogP contribution in [-0.4, -0.2) is 31.0 Å². The van der Waals surface area contributed by atoms with Gasteiger partial charge in [0.1, 0.15) is 11.3 Å². The van der Waals surface area contributed by atoms with E-state index in [-0.39, 0.29) is 18.2 Å². The number of carbonyl (C=O) groups is 2. The summed E-state index contributed by atoms with van der Waals surface area (Å²) in [6.45, 7) is 6.01. The monoisotopic (exact) mass is 489 g/mol. The van der Waals surface area contributed by atoms with Crippen LogP contribution in [0.1, 0.15) is 29.3 Å². The molecule has 0 aliphatic carbocycles. The van der Waals surface area contributed by atoms with Crippen LogP contribution >= 0.6 is 11.3 Å². The molecular formula is C27H27N3O4S. The zero-order valence-electron chi connectivity index (χ0n) is 20.3. The summed E-state index contributed by atoms with van der Waals surface area (Å²) in [5.41, 5.74) is 7.30. The van der Waals surface area contributed by atoms with E-state index in [9.17, 15) is 9.59 Å². The molecule has 0 aliphatic rings. The van der Waals surface area contributed by atoms with Crippen molar-refractivity contribution in [3.05, 3.63) is 70.4 Å². The number of aromatic nitrogens is 1. The molecule has 0 saturated carbocycles. The number of likely N-dealkylation sites (N-methyl/N-ethyl adjacent to an activating group) is 1. The van der Waals surface area contributed by atoms with Crippen LogP contribution in [-0.2, 0) is 16.0 Å². The molecule has 8 heteroatoms. The molecule has 0 unspecified atom stereocenters. The first-order valence-corrected chi connectivity index (χ1v) is 12.0. The zero-order valence-corrected chi connectivity index (χ0v) is 21.1. The number of hydrogen-bond acceptors (Lipinski definition) is 6. The van der Waals surface area contributed by atoms with Crippen molar-refractivity contribution in [2.75, 3.05) is 19.5 Å². The summed E-state index contributed by atoms with van der Waals surface area (Å²) >= 11 is 1.28. The van der Waals surface area contributed by atoms with Crippen molar-refractivity contribution in [1.82, 2.24) is 10.3 Å². The molecule has 0 radical (unpaired) electrons. The van der Waals surface area contributed by atoms with Gasteiger partial charge >= 0.3 is 0 Å². The van der Waals surface area contributed by atoms with E-state index in [1.807, 2.05) is 19.1 Å². The molecule has 2 heterocycles. The smallest absolute Gasteiger partial charge is 0.250 e. The average molecular weight is 490 g/mol. The normalized spacial score (nSPS) is 11.5. The third-order valence-corrected chi connectivity index (χ3v) is 6.55. The van der Waals surface area contributed by atoms with Crippen LogP contribution in [0.25, 0.3) is 27.7 Å². The number of hydrogen-bond donors (Lipinski definition) is 2. The predicted molar refractivity (Wildman–Crippen MR) is 140 cm³/mol. The van der Waals surface area contributed by atoms with Crippen LogP contribution in [0.5, 0.6) is 5.75 Å². The lowest BCUT2D eigenvalue weighted by molar-refractivity contribution is -0.120. The van der Waals surface area contributed by atoms with Gasteiger partial charge in [0.25, 0.3) is 0 Å². The highest BCUT2D eigenvalue weighted by molar-refractivity contribution is 7.14. The molecule has 0 aliphatic heterocycles. The lowest BCUT2D eigenvalue weighted by atomic mass is 9.96. The average Bonchev–Trinajstić information content (AvgIpc) is 3.44. The fourth-order valence-corrected chi connectivity index (χ4v) is 4.68. The summed E-state index contributed by atoms with van der Waals surface area (Å²) in [7, 11) is 3.17.